The number of carbonyl (C=O) groups excluding carboxylic acids is 1. The fourth-order valence-corrected chi connectivity index (χ4v) is 1.98. The monoisotopic (exact) mass is 302 g/mol. The fourth-order valence-electron chi connectivity index (χ4n) is 1.98. The van der Waals surface area contributed by atoms with Gasteiger partial charge in [-0.2, -0.15) is 0 Å². The Kier molecular flexibility index (Phi) is 4.83. The van der Waals surface area contributed by atoms with Gasteiger partial charge in [0.2, 0.25) is 5.91 Å². The van der Waals surface area contributed by atoms with E-state index in [1.807, 2.05) is 6.92 Å². The predicted octanol–water partition coefficient (Wildman–Crippen LogP) is 1.81. The van der Waals surface area contributed by atoms with E-state index >= 15 is 0 Å². The van der Waals surface area contributed by atoms with Gasteiger partial charge in [0.05, 0.1) is 19.9 Å². The minimum atomic E-state index is -0.311. The minimum absolute atomic E-state index is 0.0612. The summed E-state index contributed by atoms with van der Waals surface area (Å²) in [6.07, 6.45) is 1.60. The third-order valence-electron chi connectivity index (χ3n) is 3.15. The van der Waals surface area contributed by atoms with Crippen LogP contribution in [0.3, 0.4) is 0 Å². The predicted molar refractivity (Wildman–Crippen MR) is 83.6 cm³/mol. The van der Waals surface area contributed by atoms with E-state index in [-0.39, 0.29) is 18.0 Å². The maximum atomic E-state index is 12.1. The first-order valence-corrected chi connectivity index (χ1v) is 6.72. The molecular formula is C16H18N2O4. The lowest BCUT2D eigenvalue weighted by Gasteiger charge is -2.12. The van der Waals surface area contributed by atoms with E-state index in [0.717, 1.165) is 5.56 Å². The SMILES string of the molecule is COc1ccc(NC(=O)Cn2ccc(C)cc2=O)c(OC)c1. The quantitative estimate of drug-likeness (QED) is 0.914. The largest absolute Gasteiger partial charge is 0.497 e. The van der Waals surface area contributed by atoms with Crippen LogP contribution in [0.15, 0.2) is 41.3 Å². The number of hydrogen-bond acceptors (Lipinski definition) is 4. The van der Waals surface area contributed by atoms with Gasteiger partial charge >= 0.3 is 0 Å². The lowest BCUT2D eigenvalue weighted by molar-refractivity contribution is -0.116. The first-order valence-electron chi connectivity index (χ1n) is 6.72. The molecule has 22 heavy (non-hydrogen) atoms. The maximum Gasteiger partial charge on any atom is 0.251 e. The van der Waals surface area contributed by atoms with Gasteiger partial charge in [0.15, 0.2) is 0 Å². The molecule has 2 rings (SSSR count). The molecule has 0 atom stereocenters. The standard InChI is InChI=1S/C16H18N2O4/c1-11-6-7-18(16(20)8-11)10-15(19)17-13-5-4-12(21-2)9-14(13)22-3/h4-9H,10H2,1-3H3,(H,17,19). The minimum Gasteiger partial charge on any atom is -0.497 e. The average molecular weight is 302 g/mol. The van der Waals surface area contributed by atoms with Crippen LogP contribution in [-0.4, -0.2) is 24.7 Å². The van der Waals surface area contributed by atoms with Crippen LogP contribution in [0.25, 0.3) is 0 Å². The lowest BCUT2D eigenvalue weighted by Crippen LogP contribution is -2.27. The van der Waals surface area contributed by atoms with Crippen molar-refractivity contribution in [3.63, 3.8) is 0 Å². The first kappa shape index (κ1) is 15.6. The molecule has 0 saturated heterocycles. The Balaban J connectivity index is 2.13. The van der Waals surface area contributed by atoms with Crippen molar-refractivity contribution in [1.29, 1.82) is 0 Å². The molecule has 0 spiro atoms. The Morgan fingerprint density at radius 2 is 1.95 bits per heavy atom. The zero-order chi connectivity index (χ0) is 16.1. The van der Waals surface area contributed by atoms with Gasteiger partial charge in [0.25, 0.3) is 5.56 Å². The van der Waals surface area contributed by atoms with Crippen molar-refractivity contribution < 1.29 is 14.3 Å². The van der Waals surface area contributed by atoms with Gasteiger partial charge in [-0.05, 0) is 30.7 Å². The Bertz CT molecular complexity index is 737. The van der Waals surface area contributed by atoms with Crippen molar-refractivity contribution in [1.82, 2.24) is 4.57 Å². The van der Waals surface area contributed by atoms with Crippen molar-refractivity contribution in [3.05, 3.63) is 52.4 Å². The molecule has 0 unspecified atom stereocenters. The number of aryl methyl sites for hydroxylation is 1. The number of hydrogen-bond donors (Lipinski definition) is 1. The van der Waals surface area contributed by atoms with Gasteiger partial charge in [0.1, 0.15) is 18.0 Å². The molecule has 6 nitrogen and oxygen atoms in total. The molecule has 0 radical (unpaired) electrons. The number of carbonyl (C=O) groups is 1. The fraction of sp³-hybridized carbons (Fsp3) is 0.250. The second-order valence-corrected chi connectivity index (χ2v) is 4.78. The molecular weight excluding hydrogens is 284 g/mol. The Morgan fingerprint density at radius 1 is 1.18 bits per heavy atom. The van der Waals surface area contributed by atoms with Crippen LogP contribution in [-0.2, 0) is 11.3 Å². The second kappa shape index (κ2) is 6.80. The van der Waals surface area contributed by atoms with Gasteiger partial charge in [0, 0.05) is 18.3 Å². The van der Waals surface area contributed by atoms with Crippen LogP contribution in [0.2, 0.25) is 0 Å². The Morgan fingerprint density at radius 3 is 2.59 bits per heavy atom. The van der Waals surface area contributed by atoms with Crippen molar-refractivity contribution in [2.24, 2.45) is 0 Å². The topological polar surface area (TPSA) is 69.6 Å². The summed E-state index contributed by atoms with van der Waals surface area (Å²) in [4.78, 5) is 23.9. The number of pyridine rings is 1. The van der Waals surface area contributed by atoms with Crippen LogP contribution in [0.5, 0.6) is 11.5 Å². The molecule has 1 aromatic heterocycles. The lowest BCUT2D eigenvalue weighted by atomic mass is 10.2. The number of anilines is 1. The molecule has 0 aliphatic rings. The number of nitrogens with zero attached hydrogens (tertiary/aromatic N) is 1. The van der Waals surface area contributed by atoms with Crippen molar-refractivity contribution in [3.8, 4) is 11.5 Å². The number of benzene rings is 1. The number of amides is 1. The molecule has 1 heterocycles. The summed E-state index contributed by atoms with van der Waals surface area (Å²) in [7, 11) is 3.06. The highest BCUT2D eigenvalue weighted by atomic mass is 16.5. The molecule has 0 fully saturated rings. The normalized spacial score (nSPS) is 10.1. The average Bonchev–Trinajstić information content (AvgIpc) is 2.50. The van der Waals surface area contributed by atoms with E-state index in [0.29, 0.717) is 17.2 Å². The second-order valence-electron chi connectivity index (χ2n) is 4.78. The Labute approximate surface area is 128 Å². The van der Waals surface area contributed by atoms with Gasteiger partial charge in [-0.25, -0.2) is 0 Å². The summed E-state index contributed by atoms with van der Waals surface area (Å²) in [5.74, 6) is 0.808. The summed E-state index contributed by atoms with van der Waals surface area (Å²) >= 11 is 0. The molecule has 2 aromatic rings. The maximum absolute atomic E-state index is 12.1. The molecule has 0 saturated carbocycles. The van der Waals surface area contributed by atoms with Crippen LogP contribution in [0.1, 0.15) is 5.56 Å². The third kappa shape index (κ3) is 3.66. The van der Waals surface area contributed by atoms with E-state index in [1.54, 1.807) is 37.6 Å². The molecule has 6 heteroatoms. The van der Waals surface area contributed by atoms with E-state index in [1.165, 1.54) is 17.7 Å². The highest BCUT2D eigenvalue weighted by molar-refractivity contribution is 5.92. The third-order valence-corrected chi connectivity index (χ3v) is 3.15. The van der Waals surface area contributed by atoms with E-state index in [9.17, 15) is 9.59 Å². The molecule has 1 aromatic carbocycles. The van der Waals surface area contributed by atoms with Gasteiger partial charge in [-0.1, -0.05) is 0 Å². The summed E-state index contributed by atoms with van der Waals surface area (Å²) in [6, 6.07) is 8.35. The summed E-state index contributed by atoms with van der Waals surface area (Å²) < 4.78 is 11.7. The highest BCUT2D eigenvalue weighted by Crippen LogP contribution is 2.28. The summed E-state index contributed by atoms with van der Waals surface area (Å²) in [6.45, 7) is 1.77. The van der Waals surface area contributed by atoms with E-state index in [2.05, 4.69) is 5.32 Å². The zero-order valence-electron chi connectivity index (χ0n) is 12.8. The van der Waals surface area contributed by atoms with Crippen LogP contribution in [0.4, 0.5) is 5.69 Å². The summed E-state index contributed by atoms with van der Waals surface area (Å²) in [5, 5.41) is 2.72. The highest BCUT2D eigenvalue weighted by Gasteiger charge is 2.10. The molecule has 1 amide bonds. The van der Waals surface area contributed by atoms with Gasteiger partial charge < -0.3 is 19.4 Å². The van der Waals surface area contributed by atoms with Crippen LogP contribution in [0, 0.1) is 6.92 Å². The van der Waals surface area contributed by atoms with Crippen molar-refractivity contribution in [2.75, 3.05) is 19.5 Å². The van der Waals surface area contributed by atoms with Gasteiger partial charge in [-0.3, -0.25) is 9.59 Å². The number of ether oxygens (including phenoxy) is 2. The molecule has 1 N–H and O–H groups in total. The van der Waals surface area contributed by atoms with Crippen molar-refractivity contribution in [2.45, 2.75) is 13.5 Å². The van der Waals surface area contributed by atoms with Crippen molar-refractivity contribution >= 4 is 11.6 Å². The van der Waals surface area contributed by atoms with E-state index in [4.69, 9.17) is 9.47 Å². The smallest absolute Gasteiger partial charge is 0.251 e. The number of rotatable bonds is 5. The zero-order valence-corrected chi connectivity index (χ0v) is 12.8. The number of aromatic nitrogens is 1. The molecule has 0 bridgehead atoms. The molecule has 0 aliphatic heterocycles. The first-order chi connectivity index (χ1) is 10.5. The molecule has 116 valence electrons. The number of nitrogens with one attached hydrogen (secondary N) is 1. The number of methoxy groups -OCH3 is 2. The van der Waals surface area contributed by atoms with Crippen LogP contribution < -0.4 is 20.3 Å². The summed E-state index contributed by atoms with van der Waals surface area (Å²) in [5.41, 5.74) is 1.17. The molecule has 0 aliphatic carbocycles. The van der Waals surface area contributed by atoms with Crippen LogP contribution >= 0.6 is 0 Å². The Hall–Kier alpha value is -2.76. The van der Waals surface area contributed by atoms with E-state index < -0.39 is 0 Å². The van der Waals surface area contributed by atoms with Gasteiger partial charge in [-0.15, -0.1) is 0 Å².